The highest BCUT2D eigenvalue weighted by molar-refractivity contribution is 8.00. The average molecular weight is 487 g/mol. The van der Waals surface area contributed by atoms with Crippen LogP contribution in [-0.2, 0) is 4.79 Å². The third-order valence-electron chi connectivity index (χ3n) is 5.15. The van der Waals surface area contributed by atoms with Crippen molar-refractivity contribution in [3.63, 3.8) is 0 Å². The SMILES string of the molecule is Cc1ccc(C(=O)Nc2ccc(SC(C(=O)Nc3ccccc3Cl)c3ccccc3)cc2)cc1. The molecule has 2 amide bonds. The van der Waals surface area contributed by atoms with E-state index >= 15 is 0 Å². The molecule has 4 rings (SSSR count). The number of nitrogens with one attached hydrogen (secondary N) is 2. The minimum Gasteiger partial charge on any atom is -0.323 e. The van der Waals surface area contributed by atoms with E-state index in [0.29, 0.717) is 22.0 Å². The van der Waals surface area contributed by atoms with Crippen molar-refractivity contribution in [3.8, 4) is 0 Å². The normalized spacial score (nSPS) is 11.5. The van der Waals surface area contributed by atoms with Gasteiger partial charge in [0.1, 0.15) is 5.25 Å². The molecule has 1 atom stereocenters. The Morgan fingerprint density at radius 3 is 2.09 bits per heavy atom. The maximum atomic E-state index is 13.2. The third-order valence-corrected chi connectivity index (χ3v) is 6.75. The maximum Gasteiger partial charge on any atom is 0.255 e. The van der Waals surface area contributed by atoms with E-state index in [4.69, 9.17) is 11.6 Å². The number of benzene rings is 4. The summed E-state index contributed by atoms with van der Waals surface area (Å²) in [6.07, 6.45) is 0. The molecule has 4 aromatic carbocycles. The maximum absolute atomic E-state index is 13.2. The number of anilines is 2. The Hall–Kier alpha value is -3.54. The molecule has 6 heteroatoms. The third kappa shape index (κ3) is 6.07. The van der Waals surface area contributed by atoms with Gasteiger partial charge in [-0.05, 0) is 61.0 Å². The number of hydrogen-bond acceptors (Lipinski definition) is 3. The summed E-state index contributed by atoms with van der Waals surface area (Å²) in [5, 5.41) is 5.86. The monoisotopic (exact) mass is 486 g/mol. The fourth-order valence-electron chi connectivity index (χ4n) is 3.32. The van der Waals surface area contributed by atoms with Crippen molar-refractivity contribution in [3.05, 3.63) is 125 Å². The first-order valence-electron chi connectivity index (χ1n) is 10.7. The van der Waals surface area contributed by atoms with Gasteiger partial charge in [0.15, 0.2) is 0 Å². The molecule has 0 aliphatic carbocycles. The van der Waals surface area contributed by atoms with Crippen LogP contribution in [0.3, 0.4) is 0 Å². The van der Waals surface area contributed by atoms with Crippen LogP contribution in [0.1, 0.15) is 26.7 Å². The van der Waals surface area contributed by atoms with E-state index in [1.807, 2.05) is 85.8 Å². The lowest BCUT2D eigenvalue weighted by Gasteiger charge is -2.18. The summed E-state index contributed by atoms with van der Waals surface area (Å²) in [5.41, 5.74) is 3.85. The summed E-state index contributed by atoms with van der Waals surface area (Å²) in [7, 11) is 0. The zero-order valence-corrected chi connectivity index (χ0v) is 20.1. The van der Waals surface area contributed by atoms with Gasteiger partial charge < -0.3 is 10.6 Å². The minimum atomic E-state index is -0.481. The van der Waals surface area contributed by atoms with Gasteiger partial charge in [-0.3, -0.25) is 9.59 Å². The summed E-state index contributed by atoms with van der Waals surface area (Å²) in [5.74, 6) is -0.331. The van der Waals surface area contributed by atoms with E-state index in [2.05, 4.69) is 10.6 Å². The first-order valence-corrected chi connectivity index (χ1v) is 12.0. The van der Waals surface area contributed by atoms with E-state index < -0.39 is 5.25 Å². The Morgan fingerprint density at radius 2 is 1.41 bits per heavy atom. The minimum absolute atomic E-state index is 0.165. The molecule has 34 heavy (non-hydrogen) atoms. The molecular formula is C28H23ClN2O2S. The van der Waals surface area contributed by atoms with Gasteiger partial charge in [0.25, 0.3) is 5.91 Å². The first kappa shape index (κ1) is 23.6. The van der Waals surface area contributed by atoms with Crippen LogP contribution in [0, 0.1) is 6.92 Å². The number of rotatable bonds is 7. The van der Waals surface area contributed by atoms with Crippen LogP contribution in [0.4, 0.5) is 11.4 Å². The van der Waals surface area contributed by atoms with Gasteiger partial charge in [-0.25, -0.2) is 0 Å². The molecule has 2 N–H and O–H groups in total. The fraction of sp³-hybridized carbons (Fsp3) is 0.0714. The lowest BCUT2D eigenvalue weighted by Crippen LogP contribution is -2.19. The molecule has 0 radical (unpaired) electrons. The van der Waals surface area contributed by atoms with Crippen LogP contribution in [0.5, 0.6) is 0 Å². The van der Waals surface area contributed by atoms with Crippen LogP contribution in [0.25, 0.3) is 0 Å². The second-order valence-electron chi connectivity index (χ2n) is 7.72. The summed E-state index contributed by atoms with van der Waals surface area (Å²) < 4.78 is 0. The van der Waals surface area contributed by atoms with Gasteiger partial charge in [-0.2, -0.15) is 0 Å². The number of thioether (sulfide) groups is 1. The van der Waals surface area contributed by atoms with E-state index in [1.165, 1.54) is 11.8 Å². The molecular weight excluding hydrogens is 464 g/mol. The van der Waals surface area contributed by atoms with Crippen molar-refractivity contribution in [2.45, 2.75) is 17.1 Å². The number of amides is 2. The van der Waals surface area contributed by atoms with E-state index in [0.717, 1.165) is 16.0 Å². The zero-order chi connectivity index (χ0) is 23.9. The lowest BCUT2D eigenvalue weighted by atomic mass is 10.1. The average Bonchev–Trinajstić information content (AvgIpc) is 2.86. The molecule has 0 saturated heterocycles. The van der Waals surface area contributed by atoms with Crippen LogP contribution in [-0.4, -0.2) is 11.8 Å². The van der Waals surface area contributed by atoms with E-state index in [9.17, 15) is 9.59 Å². The quantitative estimate of drug-likeness (QED) is 0.268. The summed E-state index contributed by atoms with van der Waals surface area (Å²) in [4.78, 5) is 26.6. The van der Waals surface area contributed by atoms with Gasteiger partial charge in [0, 0.05) is 16.1 Å². The predicted octanol–water partition coefficient (Wildman–Crippen LogP) is 7.37. The van der Waals surface area contributed by atoms with Crippen molar-refractivity contribution in [2.24, 2.45) is 0 Å². The summed E-state index contributed by atoms with van der Waals surface area (Å²) >= 11 is 7.67. The fourth-order valence-corrected chi connectivity index (χ4v) is 4.53. The highest BCUT2D eigenvalue weighted by Gasteiger charge is 2.23. The van der Waals surface area contributed by atoms with Crippen LogP contribution in [0.15, 0.2) is 108 Å². The van der Waals surface area contributed by atoms with Crippen molar-refractivity contribution in [1.82, 2.24) is 0 Å². The molecule has 170 valence electrons. The predicted molar refractivity (Wildman–Crippen MR) is 141 cm³/mol. The molecule has 0 saturated carbocycles. The molecule has 4 nitrogen and oxygen atoms in total. The number of halogens is 1. The molecule has 0 aromatic heterocycles. The molecule has 0 heterocycles. The number of aryl methyl sites for hydroxylation is 1. The summed E-state index contributed by atoms with van der Waals surface area (Å²) in [6.45, 7) is 1.98. The van der Waals surface area contributed by atoms with Crippen molar-refractivity contribution < 1.29 is 9.59 Å². The number of carbonyl (C=O) groups is 2. The molecule has 0 fully saturated rings. The zero-order valence-electron chi connectivity index (χ0n) is 18.5. The van der Waals surface area contributed by atoms with Crippen molar-refractivity contribution >= 4 is 46.6 Å². The second-order valence-corrected chi connectivity index (χ2v) is 9.31. The van der Waals surface area contributed by atoms with Gasteiger partial charge in [0.05, 0.1) is 10.7 Å². The van der Waals surface area contributed by atoms with Crippen LogP contribution < -0.4 is 10.6 Å². The molecule has 1 unspecified atom stereocenters. The highest BCUT2D eigenvalue weighted by Crippen LogP contribution is 2.37. The smallest absolute Gasteiger partial charge is 0.255 e. The largest absolute Gasteiger partial charge is 0.323 e. The van der Waals surface area contributed by atoms with Crippen molar-refractivity contribution in [2.75, 3.05) is 10.6 Å². The van der Waals surface area contributed by atoms with Gasteiger partial charge in [-0.1, -0.05) is 71.8 Å². The van der Waals surface area contributed by atoms with Gasteiger partial charge in [0.2, 0.25) is 5.91 Å². The molecule has 4 aromatic rings. The second kappa shape index (κ2) is 11.1. The molecule has 0 aliphatic heterocycles. The van der Waals surface area contributed by atoms with Gasteiger partial charge >= 0.3 is 0 Å². The Morgan fingerprint density at radius 1 is 0.765 bits per heavy atom. The first-order chi connectivity index (χ1) is 16.5. The standard InChI is InChI=1S/C28H23ClN2O2S/c1-19-11-13-21(14-12-19)27(32)30-22-15-17-23(18-16-22)34-26(20-7-3-2-4-8-20)28(33)31-25-10-6-5-9-24(25)29/h2-18,26H,1H3,(H,30,32)(H,31,33). The molecule has 0 bridgehead atoms. The number of carbonyl (C=O) groups excluding carboxylic acids is 2. The van der Waals surface area contributed by atoms with E-state index in [-0.39, 0.29) is 11.8 Å². The Kier molecular flexibility index (Phi) is 7.68. The van der Waals surface area contributed by atoms with Crippen molar-refractivity contribution in [1.29, 1.82) is 0 Å². The highest BCUT2D eigenvalue weighted by atomic mass is 35.5. The number of para-hydroxylation sites is 1. The lowest BCUT2D eigenvalue weighted by molar-refractivity contribution is -0.115. The topological polar surface area (TPSA) is 58.2 Å². The Bertz CT molecular complexity index is 1280. The molecule has 0 aliphatic rings. The Balaban J connectivity index is 1.49. The number of hydrogen-bond donors (Lipinski definition) is 2. The van der Waals surface area contributed by atoms with Gasteiger partial charge in [-0.15, -0.1) is 11.8 Å². The summed E-state index contributed by atoms with van der Waals surface area (Å²) in [6, 6.07) is 31.7. The van der Waals surface area contributed by atoms with Crippen LogP contribution >= 0.6 is 23.4 Å². The Labute approximate surface area is 208 Å². The molecule has 0 spiro atoms. The van der Waals surface area contributed by atoms with Crippen LogP contribution in [0.2, 0.25) is 5.02 Å². The van der Waals surface area contributed by atoms with E-state index in [1.54, 1.807) is 24.3 Å².